The minimum Gasteiger partial charge on any atom is -0.410 e. The number of carbonyl (C=O) groups excluding carboxylic acids is 1. The number of anilines is 1. The lowest BCUT2D eigenvalue weighted by Crippen LogP contribution is -2.16. The molecule has 0 saturated heterocycles. The Morgan fingerprint density at radius 1 is 0.815 bits per heavy atom. The van der Waals surface area contributed by atoms with E-state index >= 15 is 0 Å². The zero-order valence-corrected chi connectivity index (χ0v) is 16.1. The Morgan fingerprint density at radius 3 is 2.07 bits per heavy atom. The Labute approximate surface area is 166 Å². The maximum Gasteiger partial charge on any atom is 0.417 e. The van der Waals surface area contributed by atoms with Crippen molar-refractivity contribution in [3.05, 3.63) is 82.8 Å². The van der Waals surface area contributed by atoms with Gasteiger partial charge in [-0.05, 0) is 54.6 Å². The summed E-state index contributed by atoms with van der Waals surface area (Å²) in [7, 11) is -3.76. The van der Waals surface area contributed by atoms with Gasteiger partial charge < -0.3 is 4.74 Å². The number of sulfone groups is 1. The van der Waals surface area contributed by atoms with E-state index in [0.717, 1.165) is 0 Å². The van der Waals surface area contributed by atoms with Crippen molar-refractivity contribution in [3.63, 3.8) is 0 Å². The Kier molecular flexibility index (Phi) is 5.70. The molecule has 0 aliphatic carbocycles. The summed E-state index contributed by atoms with van der Waals surface area (Å²) in [4.78, 5) is 12.0. The quantitative estimate of drug-likeness (QED) is 0.608. The summed E-state index contributed by atoms with van der Waals surface area (Å²) < 4.78 is 30.4. The van der Waals surface area contributed by atoms with Gasteiger partial charge in [-0.2, -0.15) is 0 Å². The molecule has 3 aromatic carbocycles. The molecule has 5 nitrogen and oxygen atoms in total. The van der Waals surface area contributed by atoms with Gasteiger partial charge in [0.05, 0.1) is 19.8 Å². The highest BCUT2D eigenvalue weighted by atomic mass is 35.5. The fourth-order valence-corrected chi connectivity index (χ4v) is 3.89. The molecule has 0 bridgehead atoms. The van der Waals surface area contributed by atoms with Crippen LogP contribution in [-0.4, -0.2) is 14.5 Å². The predicted octanol–water partition coefficient (Wildman–Crippen LogP) is 5.44. The number of rotatable bonds is 4. The first-order valence-corrected chi connectivity index (χ1v) is 9.94. The number of halogens is 2. The van der Waals surface area contributed by atoms with Gasteiger partial charge in [0.1, 0.15) is 5.75 Å². The molecule has 0 atom stereocenters. The van der Waals surface area contributed by atoms with Crippen molar-refractivity contribution in [3.8, 4) is 5.75 Å². The lowest BCUT2D eigenvalue weighted by Gasteiger charge is -2.09. The number of nitrogens with one attached hydrogen (secondary N) is 1. The zero-order valence-electron chi connectivity index (χ0n) is 13.7. The summed E-state index contributed by atoms with van der Waals surface area (Å²) in [5.41, 5.74) is 0.393. The Bertz CT molecular complexity index is 1070. The van der Waals surface area contributed by atoms with E-state index in [0.29, 0.717) is 11.4 Å². The van der Waals surface area contributed by atoms with E-state index in [1.54, 1.807) is 30.3 Å². The number of amides is 1. The second-order valence-corrected chi connectivity index (χ2v) is 8.20. The third-order valence-electron chi connectivity index (χ3n) is 3.57. The summed E-state index contributed by atoms with van der Waals surface area (Å²) in [6.45, 7) is 0. The molecule has 0 fully saturated rings. The van der Waals surface area contributed by atoms with Gasteiger partial charge in [0.15, 0.2) is 0 Å². The fraction of sp³-hybridized carbons (Fsp3) is 0. The first kappa shape index (κ1) is 19.2. The van der Waals surface area contributed by atoms with Crippen molar-refractivity contribution in [2.45, 2.75) is 9.79 Å². The van der Waals surface area contributed by atoms with Crippen LogP contribution >= 0.6 is 23.2 Å². The largest absolute Gasteiger partial charge is 0.417 e. The molecule has 0 aliphatic heterocycles. The highest BCUT2D eigenvalue weighted by Crippen LogP contribution is 2.28. The normalized spacial score (nSPS) is 11.0. The van der Waals surface area contributed by atoms with Gasteiger partial charge in [0.2, 0.25) is 9.84 Å². The first-order chi connectivity index (χ1) is 12.9. The van der Waals surface area contributed by atoms with Gasteiger partial charge in [-0.15, -0.1) is 0 Å². The minimum atomic E-state index is -3.76. The van der Waals surface area contributed by atoms with E-state index in [2.05, 4.69) is 5.32 Å². The molecule has 0 aromatic heterocycles. The Hall–Kier alpha value is -2.54. The smallest absolute Gasteiger partial charge is 0.410 e. The number of carbonyl (C=O) groups is 1. The molecule has 0 radical (unpaired) electrons. The SMILES string of the molecule is O=C(Nc1ccc(S(=O)(=O)c2ccc(Cl)c(Cl)c2)cc1)Oc1ccccc1. The molecule has 0 saturated carbocycles. The average molecular weight is 422 g/mol. The standard InChI is InChI=1S/C19H13Cl2NO4S/c20-17-11-10-16(12-18(17)21)27(24,25)15-8-6-13(7-9-15)22-19(23)26-14-4-2-1-3-5-14/h1-12H,(H,22,23). The Balaban J connectivity index is 1.74. The monoisotopic (exact) mass is 421 g/mol. The van der Waals surface area contributed by atoms with Crippen LogP contribution in [0.4, 0.5) is 10.5 Å². The van der Waals surface area contributed by atoms with Gasteiger partial charge in [-0.1, -0.05) is 41.4 Å². The average Bonchev–Trinajstić information content (AvgIpc) is 2.65. The molecule has 27 heavy (non-hydrogen) atoms. The molecule has 0 spiro atoms. The highest BCUT2D eigenvalue weighted by molar-refractivity contribution is 7.91. The van der Waals surface area contributed by atoms with Crippen molar-refractivity contribution in [2.24, 2.45) is 0 Å². The zero-order chi connectivity index (χ0) is 19.4. The van der Waals surface area contributed by atoms with E-state index in [1.165, 1.54) is 42.5 Å². The number of ether oxygens (including phenoxy) is 1. The minimum absolute atomic E-state index is 0.0288. The first-order valence-electron chi connectivity index (χ1n) is 7.70. The van der Waals surface area contributed by atoms with Crippen molar-refractivity contribution < 1.29 is 17.9 Å². The topological polar surface area (TPSA) is 72.5 Å². The van der Waals surface area contributed by atoms with Crippen LogP contribution in [0.15, 0.2) is 82.6 Å². The van der Waals surface area contributed by atoms with Gasteiger partial charge >= 0.3 is 6.09 Å². The van der Waals surface area contributed by atoms with E-state index in [1.807, 2.05) is 0 Å². The van der Waals surface area contributed by atoms with Crippen molar-refractivity contribution in [1.82, 2.24) is 0 Å². The van der Waals surface area contributed by atoms with E-state index in [9.17, 15) is 13.2 Å². The second kappa shape index (κ2) is 8.00. The number of hydrogen-bond acceptors (Lipinski definition) is 4. The van der Waals surface area contributed by atoms with Gasteiger partial charge in [0.25, 0.3) is 0 Å². The molecule has 8 heteroatoms. The van der Waals surface area contributed by atoms with Gasteiger partial charge in [0, 0.05) is 5.69 Å². The summed E-state index contributed by atoms with van der Waals surface area (Å²) in [5.74, 6) is 0.397. The predicted molar refractivity (Wildman–Crippen MR) is 104 cm³/mol. The van der Waals surface area contributed by atoms with E-state index in [-0.39, 0.29) is 19.8 Å². The van der Waals surface area contributed by atoms with Crippen LogP contribution < -0.4 is 10.1 Å². The lowest BCUT2D eigenvalue weighted by atomic mass is 10.3. The third-order valence-corrected chi connectivity index (χ3v) is 6.07. The summed E-state index contributed by atoms with van der Waals surface area (Å²) in [6.07, 6.45) is -0.679. The summed E-state index contributed by atoms with van der Waals surface area (Å²) >= 11 is 11.7. The van der Waals surface area contributed by atoms with Crippen molar-refractivity contribution >= 4 is 44.8 Å². The summed E-state index contributed by atoms with van der Waals surface area (Å²) in [6, 6.07) is 18.4. The Morgan fingerprint density at radius 2 is 1.44 bits per heavy atom. The van der Waals surface area contributed by atoms with Crippen molar-refractivity contribution in [2.75, 3.05) is 5.32 Å². The van der Waals surface area contributed by atoms with E-state index in [4.69, 9.17) is 27.9 Å². The third kappa shape index (κ3) is 4.60. The van der Waals surface area contributed by atoms with Gasteiger partial charge in [-0.25, -0.2) is 13.2 Å². The van der Waals surface area contributed by atoms with Crippen LogP contribution in [0.25, 0.3) is 0 Å². The molecule has 0 unspecified atom stereocenters. The molecular formula is C19H13Cl2NO4S. The molecule has 1 N–H and O–H groups in total. The molecule has 0 aliphatic rings. The molecule has 138 valence electrons. The van der Waals surface area contributed by atoms with Crippen molar-refractivity contribution in [1.29, 1.82) is 0 Å². The molecule has 1 amide bonds. The number of para-hydroxylation sites is 1. The van der Waals surface area contributed by atoms with Crippen LogP contribution in [0.1, 0.15) is 0 Å². The fourth-order valence-electron chi connectivity index (χ4n) is 2.24. The number of hydrogen-bond donors (Lipinski definition) is 1. The molecule has 3 rings (SSSR count). The molecular weight excluding hydrogens is 409 g/mol. The highest BCUT2D eigenvalue weighted by Gasteiger charge is 2.19. The molecule has 3 aromatic rings. The maximum absolute atomic E-state index is 12.7. The van der Waals surface area contributed by atoms with Gasteiger partial charge in [-0.3, -0.25) is 5.32 Å². The van der Waals surface area contributed by atoms with Crippen LogP contribution in [0.2, 0.25) is 10.0 Å². The van der Waals surface area contributed by atoms with Crippen LogP contribution in [0.5, 0.6) is 5.75 Å². The second-order valence-electron chi connectivity index (χ2n) is 5.43. The van der Waals surface area contributed by atoms with Crippen LogP contribution in [0.3, 0.4) is 0 Å². The van der Waals surface area contributed by atoms with E-state index < -0.39 is 15.9 Å². The number of benzene rings is 3. The summed E-state index contributed by atoms with van der Waals surface area (Å²) in [5, 5.41) is 2.95. The van der Waals surface area contributed by atoms with Crippen LogP contribution in [-0.2, 0) is 9.84 Å². The van der Waals surface area contributed by atoms with Crippen LogP contribution in [0, 0.1) is 0 Å². The lowest BCUT2D eigenvalue weighted by molar-refractivity contribution is 0.215. The maximum atomic E-state index is 12.7. The molecule has 0 heterocycles.